The molecule has 0 aliphatic carbocycles. The summed E-state index contributed by atoms with van der Waals surface area (Å²) in [6.45, 7) is 7.54. The molecule has 0 radical (unpaired) electrons. The summed E-state index contributed by atoms with van der Waals surface area (Å²) in [5, 5.41) is 9.04. The number of piperidine rings is 1. The molecule has 2 saturated heterocycles. The van der Waals surface area contributed by atoms with Crippen LogP contribution >= 0.6 is 0 Å². The second-order valence-corrected chi connectivity index (χ2v) is 7.43. The first-order valence-electron chi connectivity index (χ1n) is 9.49. The Morgan fingerprint density at radius 2 is 1.84 bits per heavy atom. The van der Waals surface area contributed by atoms with E-state index in [0.29, 0.717) is 5.92 Å². The smallest absolute Gasteiger partial charge is 0.146 e. The molecule has 0 amide bonds. The molecule has 0 unspecified atom stereocenters. The van der Waals surface area contributed by atoms with E-state index in [1.54, 1.807) is 0 Å². The average Bonchev–Trinajstić information content (AvgIpc) is 3.26. The third-order valence-electron chi connectivity index (χ3n) is 5.67. The molecular weight excluding hydrogens is 312 g/mol. The Morgan fingerprint density at radius 1 is 1.08 bits per heavy atom. The normalized spacial score (nSPS) is 19.7. The molecule has 4 heterocycles. The Balaban J connectivity index is 1.40. The summed E-state index contributed by atoms with van der Waals surface area (Å²) >= 11 is 0. The number of pyridine rings is 1. The number of nitrogens with zero attached hydrogens (tertiary/aromatic N) is 6. The fourth-order valence-corrected chi connectivity index (χ4v) is 4.13. The highest BCUT2D eigenvalue weighted by Crippen LogP contribution is 2.29. The minimum Gasteiger partial charge on any atom is -0.371 e. The summed E-state index contributed by atoms with van der Waals surface area (Å²) in [7, 11) is 2.14. The van der Waals surface area contributed by atoms with Gasteiger partial charge in [-0.15, -0.1) is 10.2 Å². The van der Waals surface area contributed by atoms with E-state index in [1.807, 2.05) is 6.20 Å². The van der Waals surface area contributed by atoms with Crippen LogP contribution in [0.2, 0.25) is 0 Å². The zero-order valence-electron chi connectivity index (χ0n) is 15.4. The molecule has 2 aliphatic rings. The SMILES string of the molecule is Cc1cc(N2CCC(c3nnc(CN4CCCC4)n3C)CC2)ccn1. The molecule has 0 bridgehead atoms. The summed E-state index contributed by atoms with van der Waals surface area (Å²) in [4.78, 5) is 9.25. The molecule has 6 heteroatoms. The van der Waals surface area contributed by atoms with Gasteiger partial charge in [0.15, 0.2) is 0 Å². The van der Waals surface area contributed by atoms with E-state index in [2.05, 4.69) is 55.7 Å². The van der Waals surface area contributed by atoms with E-state index in [4.69, 9.17) is 0 Å². The van der Waals surface area contributed by atoms with Crippen LogP contribution in [0, 0.1) is 6.92 Å². The lowest BCUT2D eigenvalue weighted by Crippen LogP contribution is -2.33. The maximum Gasteiger partial charge on any atom is 0.146 e. The van der Waals surface area contributed by atoms with Gasteiger partial charge in [0.2, 0.25) is 0 Å². The summed E-state index contributed by atoms with van der Waals surface area (Å²) in [6, 6.07) is 4.29. The first-order chi connectivity index (χ1) is 12.2. The van der Waals surface area contributed by atoms with E-state index in [9.17, 15) is 0 Å². The van der Waals surface area contributed by atoms with Crippen LogP contribution in [0.3, 0.4) is 0 Å². The third kappa shape index (κ3) is 3.54. The zero-order chi connectivity index (χ0) is 17.2. The zero-order valence-corrected chi connectivity index (χ0v) is 15.4. The summed E-state index contributed by atoms with van der Waals surface area (Å²) in [5.41, 5.74) is 2.37. The minimum atomic E-state index is 0.518. The van der Waals surface area contributed by atoms with Crippen LogP contribution in [0.5, 0.6) is 0 Å². The maximum atomic E-state index is 4.55. The van der Waals surface area contributed by atoms with Crippen LogP contribution in [0.15, 0.2) is 18.3 Å². The van der Waals surface area contributed by atoms with Crippen molar-refractivity contribution in [3.63, 3.8) is 0 Å². The molecule has 0 atom stereocenters. The molecule has 0 spiro atoms. The van der Waals surface area contributed by atoms with Crippen molar-refractivity contribution in [2.24, 2.45) is 7.05 Å². The largest absolute Gasteiger partial charge is 0.371 e. The predicted octanol–water partition coefficient (Wildman–Crippen LogP) is 2.50. The van der Waals surface area contributed by atoms with Gasteiger partial charge >= 0.3 is 0 Å². The maximum absolute atomic E-state index is 4.55. The minimum absolute atomic E-state index is 0.518. The number of likely N-dealkylation sites (tertiary alicyclic amines) is 1. The molecule has 4 rings (SSSR count). The van der Waals surface area contributed by atoms with Gasteiger partial charge in [0, 0.05) is 43.6 Å². The Morgan fingerprint density at radius 3 is 2.56 bits per heavy atom. The van der Waals surface area contributed by atoms with Gasteiger partial charge in [0.05, 0.1) is 6.54 Å². The van der Waals surface area contributed by atoms with E-state index in [-0.39, 0.29) is 0 Å². The van der Waals surface area contributed by atoms with Gasteiger partial charge in [0.1, 0.15) is 11.6 Å². The van der Waals surface area contributed by atoms with Crippen LogP contribution in [0.4, 0.5) is 5.69 Å². The Labute approximate surface area is 149 Å². The molecular formula is C19H28N6. The van der Waals surface area contributed by atoms with E-state index >= 15 is 0 Å². The Kier molecular flexibility index (Phi) is 4.70. The summed E-state index contributed by atoms with van der Waals surface area (Å²) < 4.78 is 2.25. The number of rotatable bonds is 4. The van der Waals surface area contributed by atoms with Crippen LogP contribution in [-0.2, 0) is 13.6 Å². The molecule has 2 aliphatic heterocycles. The molecule has 6 nitrogen and oxygen atoms in total. The van der Waals surface area contributed by atoms with Gasteiger partial charge < -0.3 is 9.47 Å². The lowest BCUT2D eigenvalue weighted by molar-refractivity contribution is 0.317. The predicted molar refractivity (Wildman–Crippen MR) is 98.7 cm³/mol. The van der Waals surface area contributed by atoms with Gasteiger partial charge in [-0.05, 0) is 57.8 Å². The number of aryl methyl sites for hydroxylation is 1. The Hall–Kier alpha value is -1.95. The van der Waals surface area contributed by atoms with Crippen molar-refractivity contribution in [1.29, 1.82) is 0 Å². The fraction of sp³-hybridized carbons (Fsp3) is 0.632. The van der Waals surface area contributed by atoms with Crippen LogP contribution in [0.25, 0.3) is 0 Å². The van der Waals surface area contributed by atoms with Crippen molar-refractivity contribution in [2.45, 2.75) is 45.1 Å². The van der Waals surface area contributed by atoms with Gasteiger partial charge in [-0.3, -0.25) is 9.88 Å². The van der Waals surface area contributed by atoms with Gasteiger partial charge in [0.25, 0.3) is 0 Å². The van der Waals surface area contributed by atoms with Crippen molar-refractivity contribution < 1.29 is 0 Å². The average molecular weight is 340 g/mol. The molecule has 25 heavy (non-hydrogen) atoms. The van der Waals surface area contributed by atoms with E-state index in [0.717, 1.165) is 44.0 Å². The lowest BCUT2D eigenvalue weighted by atomic mass is 9.95. The molecule has 0 aromatic carbocycles. The number of hydrogen-bond donors (Lipinski definition) is 0. The lowest BCUT2D eigenvalue weighted by Gasteiger charge is -2.33. The monoisotopic (exact) mass is 340 g/mol. The Bertz CT molecular complexity index is 710. The molecule has 0 N–H and O–H groups in total. The molecule has 2 aromatic heterocycles. The highest BCUT2D eigenvalue weighted by Gasteiger charge is 2.26. The van der Waals surface area contributed by atoms with Gasteiger partial charge in [-0.1, -0.05) is 0 Å². The van der Waals surface area contributed by atoms with Crippen LogP contribution in [-0.4, -0.2) is 50.8 Å². The first kappa shape index (κ1) is 16.5. The number of aromatic nitrogens is 4. The second kappa shape index (κ2) is 7.12. The molecule has 134 valence electrons. The van der Waals surface area contributed by atoms with Gasteiger partial charge in [-0.2, -0.15) is 0 Å². The topological polar surface area (TPSA) is 50.1 Å². The molecule has 2 fully saturated rings. The highest BCUT2D eigenvalue weighted by molar-refractivity contribution is 5.46. The number of anilines is 1. The molecule has 2 aromatic rings. The first-order valence-corrected chi connectivity index (χ1v) is 9.49. The van der Waals surface area contributed by atoms with Crippen molar-refractivity contribution in [1.82, 2.24) is 24.6 Å². The number of hydrogen-bond acceptors (Lipinski definition) is 5. The summed E-state index contributed by atoms with van der Waals surface area (Å²) in [6.07, 6.45) is 6.81. The quantitative estimate of drug-likeness (QED) is 0.856. The van der Waals surface area contributed by atoms with Crippen molar-refractivity contribution in [3.8, 4) is 0 Å². The highest BCUT2D eigenvalue weighted by atomic mass is 15.3. The standard InChI is InChI=1S/C19H28N6/c1-15-13-17(5-8-20-15)25-11-6-16(7-12-25)19-22-21-18(23(19)2)14-24-9-3-4-10-24/h5,8,13,16H,3-4,6-7,9-12,14H2,1-2H3. The van der Waals surface area contributed by atoms with Crippen LogP contribution < -0.4 is 4.90 Å². The van der Waals surface area contributed by atoms with Gasteiger partial charge in [-0.25, -0.2) is 0 Å². The molecule has 0 saturated carbocycles. The van der Waals surface area contributed by atoms with Crippen LogP contribution in [0.1, 0.15) is 48.9 Å². The second-order valence-electron chi connectivity index (χ2n) is 7.43. The van der Waals surface area contributed by atoms with Crippen molar-refractivity contribution >= 4 is 5.69 Å². The third-order valence-corrected chi connectivity index (χ3v) is 5.67. The van der Waals surface area contributed by atoms with E-state index in [1.165, 1.54) is 37.4 Å². The van der Waals surface area contributed by atoms with Crippen molar-refractivity contribution in [2.75, 3.05) is 31.1 Å². The van der Waals surface area contributed by atoms with Crippen molar-refractivity contribution in [3.05, 3.63) is 35.7 Å². The van der Waals surface area contributed by atoms with E-state index < -0.39 is 0 Å². The summed E-state index contributed by atoms with van der Waals surface area (Å²) in [5.74, 6) is 2.80. The fourth-order valence-electron chi connectivity index (χ4n) is 4.13.